The number of hydrogen-bond donors (Lipinski definition) is 0. The lowest BCUT2D eigenvalue weighted by molar-refractivity contribution is 0.0929. The summed E-state index contributed by atoms with van der Waals surface area (Å²) >= 11 is 0. The third-order valence-corrected chi connectivity index (χ3v) is 4.57. The van der Waals surface area contributed by atoms with Crippen LogP contribution < -0.4 is 0 Å². The van der Waals surface area contributed by atoms with Gasteiger partial charge in [0.25, 0.3) is 0 Å². The van der Waals surface area contributed by atoms with E-state index < -0.39 is 0 Å². The summed E-state index contributed by atoms with van der Waals surface area (Å²) in [6, 6.07) is 6.92. The Balaban J connectivity index is 1.44. The van der Waals surface area contributed by atoms with Gasteiger partial charge in [0.05, 0.1) is 6.54 Å². The lowest BCUT2D eigenvalue weighted by Gasteiger charge is -2.36. The molecule has 0 aliphatic carbocycles. The van der Waals surface area contributed by atoms with Crippen molar-refractivity contribution in [2.45, 2.75) is 25.4 Å². The van der Waals surface area contributed by atoms with Crippen molar-refractivity contribution in [2.75, 3.05) is 26.2 Å². The molecular formula is C16H19FN4O. The van der Waals surface area contributed by atoms with Gasteiger partial charge in [-0.2, -0.15) is 0 Å². The van der Waals surface area contributed by atoms with Crippen molar-refractivity contribution in [1.82, 2.24) is 20.0 Å². The van der Waals surface area contributed by atoms with Crippen LogP contribution in [0.2, 0.25) is 0 Å². The van der Waals surface area contributed by atoms with Crippen LogP contribution in [-0.2, 0) is 6.54 Å². The SMILES string of the molecule is Fc1cccc(-c2nnc(CN3CCN4CCC[C@@H]4C3)o2)c1. The van der Waals surface area contributed by atoms with Crippen molar-refractivity contribution < 1.29 is 8.81 Å². The topological polar surface area (TPSA) is 45.4 Å². The molecule has 0 bridgehead atoms. The van der Waals surface area contributed by atoms with Gasteiger partial charge >= 0.3 is 0 Å². The Bertz CT molecular complexity index is 659. The van der Waals surface area contributed by atoms with Crippen LogP contribution in [0.4, 0.5) is 4.39 Å². The lowest BCUT2D eigenvalue weighted by atomic mass is 10.1. The number of aromatic nitrogens is 2. The second-order valence-corrected chi connectivity index (χ2v) is 6.08. The molecule has 0 saturated carbocycles. The van der Waals surface area contributed by atoms with Crippen LogP contribution in [0.15, 0.2) is 28.7 Å². The summed E-state index contributed by atoms with van der Waals surface area (Å²) in [6.07, 6.45) is 2.59. The van der Waals surface area contributed by atoms with Crippen molar-refractivity contribution in [2.24, 2.45) is 0 Å². The summed E-state index contributed by atoms with van der Waals surface area (Å²) in [6.45, 7) is 5.14. The zero-order valence-electron chi connectivity index (χ0n) is 12.4. The van der Waals surface area contributed by atoms with Gasteiger partial charge in [-0.15, -0.1) is 10.2 Å². The van der Waals surface area contributed by atoms with E-state index in [1.54, 1.807) is 12.1 Å². The second kappa shape index (κ2) is 5.78. The Kier molecular flexibility index (Phi) is 3.63. The predicted molar refractivity (Wildman–Crippen MR) is 79.6 cm³/mol. The van der Waals surface area contributed by atoms with Gasteiger partial charge in [-0.3, -0.25) is 9.80 Å². The molecule has 3 heterocycles. The molecule has 1 aromatic carbocycles. The van der Waals surface area contributed by atoms with Gasteiger partial charge in [0.2, 0.25) is 11.8 Å². The fraction of sp³-hybridized carbons (Fsp3) is 0.500. The van der Waals surface area contributed by atoms with Crippen molar-refractivity contribution >= 4 is 0 Å². The fourth-order valence-corrected chi connectivity index (χ4v) is 3.45. The zero-order chi connectivity index (χ0) is 14.9. The van der Waals surface area contributed by atoms with E-state index in [1.165, 1.54) is 31.5 Å². The number of fused-ring (bicyclic) bond motifs is 1. The minimum Gasteiger partial charge on any atom is -0.419 e. The average molecular weight is 302 g/mol. The standard InChI is InChI=1S/C16H19FN4O/c17-13-4-1-3-12(9-13)16-19-18-15(22-16)11-20-7-8-21-6-2-5-14(21)10-20/h1,3-4,9,14H,2,5-8,10-11H2/t14-/m1/s1. The molecule has 0 unspecified atom stereocenters. The van der Waals surface area contributed by atoms with Crippen molar-refractivity contribution in [3.8, 4) is 11.5 Å². The van der Waals surface area contributed by atoms with Gasteiger partial charge in [0, 0.05) is 31.2 Å². The molecule has 2 aliphatic rings. The summed E-state index contributed by atoms with van der Waals surface area (Å²) in [5.74, 6) is 0.689. The van der Waals surface area contributed by atoms with Gasteiger partial charge in [0.15, 0.2) is 0 Å². The minimum atomic E-state index is -0.297. The van der Waals surface area contributed by atoms with E-state index in [9.17, 15) is 4.39 Å². The summed E-state index contributed by atoms with van der Waals surface area (Å²) in [5.41, 5.74) is 0.624. The summed E-state index contributed by atoms with van der Waals surface area (Å²) < 4.78 is 18.9. The number of hydrogen-bond acceptors (Lipinski definition) is 5. The average Bonchev–Trinajstić information content (AvgIpc) is 3.16. The maximum absolute atomic E-state index is 13.3. The molecular weight excluding hydrogens is 283 g/mol. The molecule has 4 rings (SSSR count). The van der Waals surface area contributed by atoms with E-state index in [4.69, 9.17) is 4.42 Å². The molecule has 2 fully saturated rings. The normalized spacial score (nSPS) is 22.9. The molecule has 2 saturated heterocycles. The van der Waals surface area contributed by atoms with Crippen LogP contribution >= 0.6 is 0 Å². The minimum absolute atomic E-state index is 0.297. The highest BCUT2D eigenvalue weighted by molar-refractivity contribution is 5.52. The largest absolute Gasteiger partial charge is 0.419 e. The van der Waals surface area contributed by atoms with Crippen LogP contribution in [0.3, 0.4) is 0 Å². The Morgan fingerprint density at radius 3 is 3.09 bits per heavy atom. The molecule has 6 heteroatoms. The highest BCUT2D eigenvalue weighted by Crippen LogP contribution is 2.23. The molecule has 5 nitrogen and oxygen atoms in total. The van der Waals surface area contributed by atoms with Crippen molar-refractivity contribution in [3.63, 3.8) is 0 Å². The molecule has 0 spiro atoms. The van der Waals surface area contributed by atoms with Crippen LogP contribution in [0.25, 0.3) is 11.5 Å². The molecule has 0 amide bonds. The van der Waals surface area contributed by atoms with Crippen LogP contribution in [0, 0.1) is 5.82 Å². The van der Waals surface area contributed by atoms with Crippen LogP contribution in [0.5, 0.6) is 0 Å². The molecule has 2 aliphatic heterocycles. The predicted octanol–water partition coefficient (Wildman–Crippen LogP) is 2.16. The van der Waals surface area contributed by atoms with E-state index in [0.29, 0.717) is 29.9 Å². The fourth-order valence-electron chi connectivity index (χ4n) is 3.45. The molecule has 22 heavy (non-hydrogen) atoms. The monoisotopic (exact) mass is 302 g/mol. The smallest absolute Gasteiger partial charge is 0.247 e. The maximum atomic E-state index is 13.3. The zero-order valence-corrected chi connectivity index (χ0v) is 12.4. The molecule has 0 radical (unpaired) electrons. The number of benzene rings is 1. The summed E-state index contributed by atoms with van der Waals surface area (Å²) in [7, 11) is 0. The first-order valence-corrected chi connectivity index (χ1v) is 7.83. The van der Waals surface area contributed by atoms with E-state index in [-0.39, 0.29) is 5.82 Å². The molecule has 116 valence electrons. The van der Waals surface area contributed by atoms with Crippen LogP contribution in [0.1, 0.15) is 18.7 Å². The Morgan fingerprint density at radius 2 is 2.18 bits per heavy atom. The van der Waals surface area contributed by atoms with Crippen molar-refractivity contribution in [1.29, 1.82) is 0 Å². The first kappa shape index (κ1) is 13.8. The molecule has 1 atom stereocenters. The van der Waals surface area contributed by atoms with E-state index in [2.05, 4.69) is 20.0 Å². The number of nitrogens with zero attached hydrogens (tertiary/aromatic N) is 4. The quantitative estimate of drug-likeness (QED) is 0.869. The summed E-state index contributed by atoms with van der Waals surface area (Å²) in [4.78, 5) is 4.94. The highest BCUT2D eigenvalue weighted by atomic mass is 19.1. The Morgan fingerprint density at radius 1 is 1.23 bits per heavy atom. The van der Waals surface area contributed by atoms with Gasteiger partial charge in [-0.05, 0) is 37.6 Å². The third kappa shape index (κ3) is 2.76. The first-order chi connectivity index (χ1) is 10.8. The van der Waals surface area contributed by atoms with Gasteiger partial charge in [-0.25, -0.2) is 4.39 Å². The van der Waals surface area contributed by atoms with E-state index in [0.717, 1.165) is 19.6 Å². The van der Waals surface area contributed by atoms with E-state index in [1.807, 2.05) is 0 Å². The summed E-state index contributed by atoms with van der Waals surface area (Å²) in [5, 5.41) is 8.15. The maximum Gasteiger partial charge on any atom is 0.247 e. The Hall–Kier alpha value is -1.79. The molecule has 2 aromatic rings. The number of halogens is 1. The number of piperazine rings is 1. The van der Waals surface area contributed by atoms with Gasteiger partial charge in [0.1, 0.15) is 5.82 Å². The van der Waals surface area contributed by atoms with E-state index >= 15 is 0 Å². The van der Waals surface area contributed by atoms with Gasteiger partial charge < -0.3 is 4.42 Å². The van der Waals surface area contributed by atoms with Gasteiger partial charge in [-0.1, -0.05) is 6.07 Å². The first-order valence-electron chi connectivity index (χ1n) is 7.83. The van der Waals surface area contributed by atoms with Crippen molar-refractivity contribution in [3.05, 3.63) is 36.0 Å². The highest BCUT2D eigenvalue weighted by Gasteiger charge is 2.31. The Labute approximate surface area is 128 Å². The third-order valence-electron chi connectivity index (χ3n) is 4.57. The second-order valence-electron chi connectivity index (χ2n) is 6.08. The number of rotatable bonds is 3. The molecule has 0 N–H and O–H groups in total. The molecule has 1 aromatic heterocycles. The lowest BCUT2D eigenvalue weighted by Crippen LogP contribution is -2.49. The van der Waals surface area contributed by atoms with Crippen LogP contribution in [-0.4, -0.2) is 52.2 Å².